The number of nitrogens with zero attached hydrogens (tertiary/aromatic N) is 2. The molecule has 2 amide bonds. The van der Waals surface area contributed by atoms with Gasteiger partial charge in [-0.2, -0.15) is 0 Å². The number of methoxy groups -OCH3 is 2. The van der Waals surface area contributed by atoms with Crippen LogP contribution in [-0.4, -0.2) is 58.0 Å². The third kappa shape index (κ3) is 7.82. The van der Waals surface area contributed by atoms with Gasteiger partial charge in [0, 0.05) is 18.7 Å². The van der Waals surface area contributed by atoms with Crippen molar-refractivity contribution in [2.75, 3.05) is 25.1 Å². The number of nitrogens with one attached hydrogen (secondary N) is 1. The van der Waals surface area contributed by atoms with Gasteiger partial charge < -0.3 is 19.7 Å². The Labute approximate surface area is 249 Å². The van der Waals surface area contributed by atoms with E-state index >= 15 is 0 Å². The summed E-state index contributed by atoms with van der Waals surface area (Å²) < 4.78 is 40.1. The highest BCUT2D eigenvalue weighted by atomic mass is 32.2. The molecule has 1 N–H and O–H groups in total. The van der Waals surface area contributed by atoms with Crippen LogP contribution in [0.15, 0.2) is 65.6 Å². The standard InChI is InChI=1S/C32H41N3O6S/c1-21(2)33-32(37)25(6)34(19-26-11-9-22(3)10-12-26)31(36)20-35(27-16-23(4)15-24(5)17-27)42(38,39)28-13-14-29(40-7)30(18-28)41-8/h9-18,21,25H,19-20H2,1-8H3,(H,33,37)/t25-/m1/s1. The Kier molecular flexibility index (Phi) is 10.6. The SMILES string of the molecule is COc1ccc(S(=O)(=O)N(CC(=O)N(Cc2ccc(C)cc2)[C@H](C)C(=O)NC(C)C)c2cc(C)cc(C)c2)cc1OC. The first-order valence-corrected chi connectivity index (χ1v) is 15.2. The van der Waals surface area contributed by atoms with Crippen LogP contribution in [0.3, 0.4) is 0 Å². The number of hydrogen-bond donors (Lipinski definition) is 1. The maximum absolute atomic E-state index is 14.2. The zero-order valence-corrected chi connectivity index (χ0v) is 26.4. The van der Waals surface area contributed by atoms with Gasteiger partial charge in [-0.15, -0.1) is 0 Å². The molecule has 0 saturated carbocycles. The highest BCUT2D eigenvalue weighted by molar-refractivity contribution is 7.92. The largest absolute Gasteiger partial charge is 0.493 e. The summed E-state index contributed by atoms with van der Waals surface area (Å²) >= 11 is 0. The van der Waals surface area contributed by atoms with Gasteiger partial charge in [-0.1, -0.05) is 35.9 Å². The molecule has 0 fully saturated rings. The Hall–Kier alpha value is -4.05. The van der Waals surface area contributed by atoms with Crippen molar-refractivity contribution in [3.8, 4) is 11.5 Å². The molecule has 42 heavy (non-hydrogen) atoms. The molecule has 0 radical (unpaired) electrons. The van der Waals surface area contributed by atoms with Gasteiger partial charge in [0.1, 0.15) is 12.6 Å². The molecule has 3 aromatic carbocycles. The number of carbonyl (C=O) groups excluding carboxylic acids is 2. The minimum absolute atomic E-state index is 0.0669. The van der Waals surface area contributed by atoms with E-state index in [1.165, 1.54) is 37.3 Å². The molecule has 0 aliphatic carbocycles. The van der Waals surface area contributed by atoms with Crippen LogP contribution in [0.4, 0.5) is 5.69 Å². The molecule has 1 atom stereocenters. The summed E-state index contributed by atoms with van der Waals surface area (Å²) in [5.41, 5.74) is 3.89. The molecule has 0 aliphatic heterocycles. The lowest BCUT2D eigenvalue weighted by molar-refractivity contribution is -0.139. The lowest BCUT2D eigenvalue weighted by atomic mass is 10.1. The van der Waals surface area contributed by atoms with Crippen molar-refractivity contribution >= 4 is 27.5 Å². The zero-order chi connectivity index (χ0) is 31.2. The molecular weight excluding hydrogens is 554 g/mol. The summed E-state index contributed by atoms with van der Waals surface area (Å²) in [5, 5.41) is 2.86. The van der Waals surface area contributed by atoms with Crippen LogP contribution >= 0.6 is 0 Å². The molecule has 0 aromatic heterocycles. The maximum Gasteiger partial charge on any atom is 0.264 e. The highest BCUT2D eigenvalue weighted by Gasteiger charge is 2.33. The average molecular weight is 596 g/mol. The van der Waals surface area contributed by atoms with E-state index in [2.05, 4.69) is 5.32 Å². The zero-order valence-electron chi connectivity index (χ0n) is 25.6. The van der Waals surface area contributed by atoms with Gasteiger partial charge >= 0.3 is 0 Å². The van der Waals surface area contributed by atoms with Gasteiger partial charge in [-0.3, -0.25) is 13.9 Å². The van der Waals surface area contributed by atoms with Crippen LogP contribution in [0.1, 0.15) is 43.0 Å². The van der Waals surface area contributed by atoms with Crippen LogP contribution in [0.5, 0.6) is 11.5 Å². The first kappa shape index (κ1) is 32.5. The summed E-state index contributed by atoms with van der Waals surface area (Å²) in [4.78, 5) is 28.5. The maximum atomic E-state index is 14.2. The predicted molar refractivity (Wildman–Crippen MR) is 164 cm³/mol. The molecule has 9 nitrogen and oxygen atoms in total. The summed E-state index contributed by atoms with van der Waals surface area (Å²) in [5.74, 6) is -0.235. The first-order chi connectivity index (χ1) is 19.8. The van der Waals surface area contributed by atoms with E-state index in [9.17, 15) is 18.0 Å². The van der Waals surface area contributed by atoms with Crippen molar-refractivity contribution < 1.29 is 27.5 Å². The highest BCUT2D eigenvalue weighted by Crippen LogP contribution is 2.33. The number of amides is 2. The fourth-order valence-electron chi connectivity index (χ4n) is 4.61. The molecule has 226 valence electrons. The van der Waals surface area contributed by atoms with Crippen molar-refractivity contribution in [3.05, 3.63) is 82.9 Å². The Morgan fingerprint density at radius 3 is 1.95 bits per heavy atom. The quantitative estimate of drug-likeness (QED) is 0.324. The Balaban J connectivity index is 2.10. The van der Waals surface area contributed by atoms with E-state index in [1.807, 2.05) is 65.0 Å². The molecule has 0 unspecified atom stereocenters. The number of hydrogen-bond acceptors (Lipinski definition) is 6. The lowest BCUT2D eigenvalue weighted by Crippen LogP contribution is -2.52. The third-order valence-electron chi connectivity index (χ3n) is 6.79. The number of rotatable bonds is 12. The molecule has 0 aliphatic rings. The number of benzene rings is 3. The summed E-state index contributed by atoms with van der Waals surface area (Å²) in [6.45, 7) is 10.6. The van der Waals surface area contributed by atoms with Crippen molar-refractivity contribution in [2.24, 2.45) is 0 Å². The molecular formula is C32H41N3O6S. The average Bonchev–Trinajstić information content (AvgIpc) is 2.93. The van der Waals surface area contributed by atoms with Gasteiger partial charge in [0.15, 0.2) is 11.5 Å². The van der Waals surface area contributed by atoms with Crippen LogP contribution in [-0.2, 0) is 26.2 Å². The Morgan fingerprint density at radius 1 is 0.810 bits per heavy atom. The second kappa shape index (κ2) is 13.7. The van der Waals surface area contributed by atoms with Gasteiger partial charge in [-0.05, 0) is 82.5 Å². The fraction of sp³-hybridized carbons (Fsp3) is 0.375. The molecule has 0 bridgehead atoms. The number of sulfonamides is 1. The second-order valence-electron chi connectivity index (χ2n) is 10.7. The normalized spacial score (nSPS) is 12.0. The lowest BCUT2D eigenvalue weighted by Gasteiger charge is -2.32. The summed E-state index contributed by atoms with van der Waals surface area (Å²) in [6.07, 6.45) is 0. The number of carbonyl (C=O) groups is 2. The van der Waals surface area contributed by atoms with Crippen molar-refractivity contribution in [1.29, 1.82) is 0 Å². The molecule has 0 spiro atoms. The van der Waals surface area contributed by atoms with E-state index in [0.29, 0.717) is 11.4 Å². The van der Waals surface area contributed by atoms with E-state index in [0.717, 1.165) is 26.6 Å². The Bertz CT molecular complexity index is 1500. The summed E-state index contributed by atoms with van der Waals surface area (Å²) in [6, 6.07) is 16.3. The van der Waals surface area contributed by atoms with Crippen molar-refractivity contribution in [2.45, 2.75) is 65.1 Å². The molecule has 0 heterocycles. The molecule has 3 rings (SSSR count). The minimum Gasteiger partial charge on any atom is -0.493 e. The van der Waals surface area contributed by atoms with Crippen LogP contribution in [0.2, 0.25) is 0 Å². The minimum atomic E-state index is -4.27. The molecule has 3 aromatic rings. The van der Waals surface area contributed by atoms with Gasteiger partial charge in [0.2, 0.25) is 11.8 Å². The first-order valence-electron chi connectivity index (χ1n) is 13.7. The second-order valence-corrected chi connectivity index (χ2v) is 12.6. The van der Waals surface area contributed by atoms with Crippen molar-refractivity contribution in [1.82, 2.24) is 10.2 Å². The predicted octanol–water partition coefficient (Wildman–Crippen LogP) is 4.77. The monoisotopic (exact) mass is 595 g/mol. The Morgan fingerprint density at radius 2 is 1.40 bits per heavy atom. The topological polar surface area (TPSA) is 105 Å². The number of ether oxygens (including phenoxy) is 2. The fourth-order valence-corrected chi connectivity index (χ4v) is 6.02. The van der Waals surface area contributed by atoms with E-state index in [4.69, 9.17) is 9.47 Å². The van der Waals surface area contributed by atoms with Crippen LogP contribution in [0.25, 0.3) is 0 Å². The smallest absolute Gasteiger partial charge is 0.264 e. The van der Waals surface area contributed by atoms with Gasteiger partial charge in [0.05, 0.1) is 24.8 Å². The van der Waals surface area contributed by atoms with E-state index in [1.54, 1.807) is 19.1 Å². The van der Waals surface area contributed by atoms with Gasteiger partial charge in [0.25, 0.3) is 10.0 Å². The third-order valence-corrected chi connectivity index (χ3v) is 8.56. The molecule has 0 saturated heterocycles. The summed E-state index contributed by atoms with van der Waals surface area (Å²) in [7, 11) is -1.38. The van der Waals surface area contributed by atoms with Gasteiger partial charge in [-0.25, -0.2) is 8.42 Å². The molecule has 10 heteroatoms. The van der Waals surface area contributed by atoms with E-state index < -0.39 is 28.5 Å². The van der Waals surface area contributed by atoms with Crippen LogP contribution in [0, 0.1) is 20.8 Å². The number of anilines is 1. The van der Waals surface area contributed by atoms with Crippen molar-refractivity contribution in [3.63, 3.8) is 0 Å². The number of aryl methyl sites for hydroxylation is 3. The van der Waals surface area contributed by atoms with E-state index in [-0.39, 0.29) is 29.1 Å². The van der Waals surface area contributed by atoms with Crippen LogP contribution < -0.4 is 19.1 Å².